The standard InChI is InChI=1S/C20H29N5O3/c1-4-18-23-19(28-24-18)15-8-7-14(2)17(12-15)22-20(26)21-13-16-6-5-9-25(16)10-11-27-3/h7-8,12,16H,4-6,9-11,13H2,1-3H3,(H2,21,22,26). The van der Waals surface area contributed by atoms with E-state index in [9.17, 15) is 4.79 Å². The predicted molar refractivity (Wildman–Crippen MR) is 107 cm³/mol. The van der Waals surface area contributed by atoms with E-state index < -0.39 is 0 Å². The number of benzene rings is 1. The average Bonchev–Trinajstić information content (AvgIpc) is 3.35. The molecule has 2 aromatic rings. The Morgan fingerprint density at radius 3 is 3.04 bits per heavy atom. The summed E-state index contributed by atoms with van der Waals surface area (Å²) in [6.45, 7) is 7.22. The van der Waals surface area contributed by atoms with Crippen LogP contribution in [-0.4, -0.2) is 60.5 Å². The second-order valence-corrected chi connectivity index (χ2v) is 7.06. The highest BCUT2D eigenvalue weighted by Crippen LogP contribution is 2.24. The van der Waals surface area contributed by atoms with Gasteiger partial charge in [-0.3, -0.25) is 4.90 Å². The van der Waals surface area contributed by atoms with Gasteiger partial charge in [0.2, 0.25) is 0 Å². The quantitative estimate of drug-likeness (QED) is 0.724. The normalized spacial score (nSPS) is 17.0. The molecule has 28 heavy (non-hydrogen) atoms. The summed E-state index contributed by atoms with van der Waals surface area (Å²) < 4.78 is 10.5. The second-order valence-electron chi connectivity index (χ2n) is 7.06. The molecule has 1 aliphatic heterocycles. The lowest BCUT2D eigenvalue weighted by atomic mass is 10.1. The van der Waals surface area contributed by atoms with E-state index >= 15 is 0 Å². The van der Waals surface area contributed by atoms with Crippen molar-refractivity contribution >= 4 is 11.7 Å². The Balaban J connectivity index is 1.58. The number of nitrogens with one attached hydrogen (secondary N) is 2. The Hall–Kier alpha value is -2.45. The molecule has 0 spiro atoms. The van der Waals surface area contributed by atoms with Crippen molar-refractivity contribution in [1.82, 2.24) is 20.4 Å². The molecule has 1 unspecified atom stereocenters. The van der Waals surface area contributed by atoms with E-state index in [1.54, 1.807) is 7.11 Å². The zero-order valence-corrected chi connectivity index (χ0v) is 16.8. The number of carbonyl (C=O) groups is 1. The highest BCUT2D eigenvalue weighted by Gasteiger charge is 2.24. The minimum Gasteiger partial charge on any atom is -0.383 e. The summed E-state index contributed by atoms with van der Waals surface area (Å²) in [6.07, 6.45) is 2.96. The van der Waals surface area contributed by atoms with Crippen molar-refractivity contribution in [3.63, 3.8) is 0 Å². The van der Waals surface area contributed by atoms with E-state index in [2.05, 4.69) is 25.7 Å². The van der Waals surface area contributed by atoms with Crippen LogP contribution in [0.5, 0.6) is 0 Å². The lowest BCUT2D eigenvalue weighted by Gasteiger charge is -2.24. The van der Waals surface area contributed by atoms with Crippen molar-refractivity contribution in [3.8, 4) is 11.5 Å². The summed E-state index contributed by atoms with van der Waals surface area (Å²) in [7, 11) is 1.71. The molecule has 8 heteroatoms. The highest BCUT2D eigenvalue weighted by molar-refractivity contribution is 5.90. The Labute approximate surface area is 165 Å². The maximum atomic E-state index is 12.4. The fourth-order valence-corrected chi connectivity index (χ4v) is 3.41. The maximum Gasteiger partial charge on any atom is 0.319 e. The van der Waals surface area contributed by atoms with Gasteiger partial charge in [0.05, 0.1) is 6.61 Å². The first-order valence-electron chi connectivity index (χ1n) is 9.82. The molecule has 2 heterocycles. The summed E-state index contributed by atoms with van der Waals surface area (Å²) in [5, 5.41) is 9.86. The number of hydrogen-bond acceptors (Lipinski definition) is 6. The molecule has 3 rings (SSSR count). The Kier molecular flexibility index (Phi) is 7.00. The van der Waals surface area contributed by atoms with Crippen molar-refractivity contribution in [2.75, 3.05) is 38.7 Å². The SMILES string of the molecule is CCc1noc(-c2ccc(C)c(NC(=O)NCC3CCCN3CCOC)c2)n1. The number of aryl methyl sites for hydroxylation is 2. The third-order valence-corrected chi connectivity index (χ3v) is 5.10. The van der Waals surface area contributed by atoms with Gasteiger partial charge in [-0.25, -0.2) is 4.79 Å². The van der Waals surface area contributed by atoms with Crippen LogP contribution in [0.4, 0.5) is 10.5 Å². The van der Waals surface area contributed by atoms with Crippen LogP contribution in [0, 0.1) is 6.92 Å². The van der Waals surface area contributed by atoms with Crippen molar-refractivity contribution in [2.24, 2.45) is 0 Å². The molecular weight excluding hydrogens is 358 g/mol. The van der Waals surface area contributed by atoms with Gasteiger partial charge < -0.3 is 19.9 Å². The molecule has 152 valence electrons. The lowest BCUT2D eigenvalue weighted by Crippen LogP contribution is -2.42. The predicted octanol–water partition coefficient (Wildman–Crippen LogP) is 2.84. The minimum atomic E-state index is -0.210. The number of rotatable bonds is 8. The molecule has 0 radical (unpaired) electrons. The third-order valence-electron chi connectivity index (χ3n) is 5.10. The summed E-state index contributed by atoms with van der Waals surface area (Å²) in [6, 6.07) is 5.86. The molecule has 1 atom stereocenters. The summed E-state index contributed by atoms with van der Waals surface area (Å²) >= 11 is 0. The zero-order chi connectivity index (χ0) is 19.9. The van der Waals surface area contributed by atoms with E-state index in [0.29, 0.717) is 37.3 Å². The van der Waals surface area contributed by atoms with E-state index in [-0.39, 0.29) is 6.03 Å². The first-order chi connectivity index (χ1) is 13.6. The number of nitrogens with zero attached hydrogens (tertiary/aromatic N) is 3. The second kappa shape index (κ2) is 9.66. The van der Waals surface area contributed by atoms with Crippen molar-refractivity contribution in [2.45, 2.75) is 39.2 Å². The van der Waals surface area contributed by atoms with E-state index in [4.69, 9.17) is 9.26 Å². The van der Waals surface area contributed by atoms with Crippen LogP contribution in [0.15, 0.2) is 22.7 Å². The average molecular weight is 387 g/mol. The molecule has 0 bridgehead atoms. The number of carbonyl (C=O) groups excluding carboxylic acids is 1. The van der Waals surface area contributed by atoms with Crippen molar-refractivity contribution in [3.05, 3.63) is 29.6 Å². The molecule has 1 aliphatic rings. The number of anilines is 1. The Bertz CT molecular complexity index is 792. The Morgan fingerprint density at radius 2 is 2.29 bits per heavy atom. The highest BCUT2D eigenvalue weighted by atomic mass is 16.5. The van der Waals surface area contributed by atoms with Crippen LogP contribution in [0.2, 0.25) is 0 Å². The number of amides is 2. The zero-order valence-electron chi connectivity index (χ0n) is 16.8. The lowest BCUT2D eigenvalue weighted by molar-refractivity contribution is 0.140. The van der Waals surface area contributed by atoms with Gasteiger partial charge in [-0.15, -0.1) is 0 Å². The molecular formula is C20H29N5O3. The fraction of sp³-hybridized carbons (Fsp3) is 0.550. The molecule has 0 saturated carbocycles. The molecule has 1 saturated heterocycles. The van der Waals surface area contributed by atoms with Gasteiger partial charge >= 0.3 is 6.03 Å². The van der Waals surface area contributed by atoms with Gasteiger partial charge in [0.15, 0.2) is 5.82 Å². The summed E-state index contributed by atoms with van der Waals surface area (Å²) in [5.41, 5.74) is 2.49. The fourth-order valence-electron chi connectivity index (χ4n) is 3.41. The minimum absolute atomic E-state index is 0.210. The van der Waals surface area contributed by atoms with Gasteiger partial charge in [-0.1, -0.05) is 18.1 Å². The van der Waals surface area contributed by atoms with Gasteiger partial charge in [0.25, 0.3) is 5.89 Å². The molecule has 0 aliphatic carbocycles. The van der Waals surface area contributed by atoms with Gasteiger partial charge in [-0.2, -0.15) is 4.98 Å². The molecule has 2 amide bonds. The first kappa shape index (κ1) is 20.3. The molecule has 1 aromatic heterocycles. The van der Waals surface area contributed by atoms with Gasteiger partial charge in [0, 0.05) is 43.9 Å². The van der Waals surface area contributed by atoms with Gasteiger partial charge in [-0.05, 0) is 44.0 Å². The van der Waals surface area contributed by atoms with Crippen LogP contribution in [0.3, 0.4) is 0 Å². The number of urea groups is 1. The number of aromatic nitrogens is 2. The Morgan fingerprint density at radius 1 is 1.43 bits per heavy atom. The van der Waals surface area contributed by atoms with Crippen molar-refractivity contribution in [1.29, 1.82) is 0 Å². The van der Waals surface area contributed by atoms with E-state index in [1.807, 2.05) is 32.0 Å². The summed E-state index contributed by atoms with van der Waals surface area (Å²) in [4.78, 5) is 19.1. The number of hydrogen-bond donors (Lipinski definition) is 2. The van der Waals surface area contributed by atoms with Gasteiger partial charge in [0.1, 0.15) is 0 Å². The van der Waals surface area contributed by atoms with Crippen molar-refractivity contribution < 1.29 is 14.1 Å². The monoisotopic (exact) mass is 387 g/mol. The third kappa shape index (κ3) is 5.08. The van der Waals surface area contributed by atoms with Crippen LogP contribution >= 0.6 is 0 Å². The number of likely N-dealkylation sites (tertiary alicyclic amines) is 1. The smallest absolute Gasteiger partial charge is 0.319 e. The number of ether oxygens (including phenoxy) is 1. The van der Waals surface area contributed by atoms with E-state index in [1.165, 1.54) is 0 Å². The summed E-state index contributed by atoms with van der Waals surface area (Å²) in [5.74, 6) is 1.12. The number of methoxy groups -OCH3 is 1. The maximum absolute atomic E-state index is 12.4. The van der Waals surface area contributed by atoms with Crippen LogP contribution in [0.25, 0.3) is 11.5 Å². The molecule has 1 aromatic carbocycles. The molecule has 2 N–H and O–H groups in total. The largest absolute Gasteiger partial charge is 0.383 e. The molecule has 1 fully saturated rings. The molecule has 8 nitrogen and oxygen atoms in total. The van der Waals surface area contributed by atoms with Crippen LogP contribution in [0.1, 0.15) is 31.2 Å². The van der Waals surface area contributed by atoms with Crippen LogP contribution < -0.4 is 10.6 Å². The topological polar surface area (TPSA) is 92.5 Å². The first-order valence-corrected chi connectivity index (χ1v) is 9.82. The van der Waals surface area contributed by atoms with Crippen LogP contribution in [-0.2, 0) is 11.2 Å². The van der Waals surface area contributed by atoms with E-state index in [0.717, 1.165) is 42.7 Å².